The minimum Gasteiger partial charge on any atom is -0.310 e. The molecule has 4 heterocycles. The SMILES string of the molecule is Cc1ccc(N(c2ccc(-c3c4nsnc4c(-c4ccc(N(c5ccc(C)cc5)c5ccc6c(c5)c5ccccc5n6-c5ccccc5)cc4)c4nc(-c5ccccc5)c(-c5ccccc5)nc34)cc2)c2ccc3c(c2)c2ccccc2n3-c2ccccc2)cc1. The van der Waals surface area contributed by atoms with E-state index in [2.05, 4.69) is 324 Å². The van der Waals surface area contributed by atoms with Crippen molar-refractivity contribution in [2.24, 2.45) is 0 Å². The Bertz CT molecular complexity index is 5220. The highest BCUT2D eigenvalue weighted by molar-refractivity contribution is 7.00. The summed E-state index contributed by atoms with van der Waals surface area (Å²) >= 11 is 1.22. The molecule has 8 nitrogen and oxygen atoms in total. The van der Waals surface area contributed by atoms with Crippen LogP contribution in [0.1, 0.15) is 11.1 Å². The number of hydrogen-bond acceptors (Lipinski definition) is 7. The molecule has 0 aliphatic rings. The van der Waals surface area contributed by atoms with Crippen molar-refractivity contribution < 1.29 is 0 Å². The highest BCUT2D eigenvalue weighted by atomic mass is 32.1. The van der Waals surface area contributed by atoms with Gasteiger partial charge in [-0.15, -0.1) is 0 Å². The van der Waals surface area contributed by atoms with E-state index in [1.165, 1.54) is 55.4 Å². The first-order valence-corrected chi connectivity index (χ1v) is 31.4. The Morgan fingerprint density at radius 1 is 0.275 bits per heavy atom. The van der Waals surface area contributed by atoms with E-state index in [4.69, 9.17) is 18.7 Å². The molecule has 9 heteroatoms. The van der Waals surface area contributed by atoms with Crippen molar-refractivity contribution in [3.05, 3.63) is 314 Å². The maximum absolute atomic E-state index is 5.80. The summed E-state index contributed by atoms with van der Waals surface area (Å²) in [5.74, 6) is 0. The molecule has 0 atom stereocenters. The second-order valence-corrected chi connectivity index (χ2v) is 23.8. The zero-order chi connectivity index (χ0) is 60.5. The van der Waals surface area contributed by atoms with Gasteiger partial charge in [0.25, 0.3) is 0 Å². The first-order chi connectivity index (χ1) is 45.0. The molecule has 430 valence electrons. The fourth-order valence-corrected chi connectivity index (χ4v) is 14.0. The average molecular weight is 1190 g/mol. The number of anilines is 6. The number of aromatic nitrogens is 6. The van der Waals surface area contributed by atoms with Gasteiger partial charge in [0.05, 0.1) is 45.2 Å². The van der Waals surface area contributed by atoms with E-state index in [-0.39, 0.29) is 0 Å². The highest BCUT2D eigenvalue weighted by Gasteiger charge is 2.27. The van der Waals surface area contributed by atoms with Crippen LogP contribution in [0.5, 0.6) is 0 Å². The second-order valence-electron chi connectivity index (χ2n) is 23.3. The van der Waals surface area contributed by atoms with Crippen LogP contribution in [0, 0.1) is 13.8 Å². The van der Waals surface area contributed by atoms with Crippen molar-refractivity contribution in [3.63, 3.8) is 0 Å². The van der Waals surface area contributed by atoms with E-state index in [0.717, 1.165) is 123 Å². The van der Waals surface area contributed by atoms with Crippen LogP contribution >= 0.6 is 11.7 Å². The standard InChI is InChI=1S/C82H56N8S/c1-53-31-39-61(40-32-53)87(65-47-49-73-69(51-65)67-27-15-17-29-71(67)89(73)59-23-11-5-12-24-59)63-43-35-55(36-44-63)75-79-80(84-78(58-21-9-4-10-22-58)77(83-79)57-19-7-3-8-20-57)76(82-81(75)85-91-86-82)56-37-45-64(46-38-56)88(62-41-33-54(2)34-42-62)66-48-50-74-70(52-66)68-28-16-18-30-72(68)90(74)60-25-13-6-14-26-60/h3-52H,1-2H3. The molecule has 0 fully saturated rings. The number of aryl methyl sites for hydroxylation is 2. The fourth-order valence-electron chi connectivity index (χ4n) is 13.4. The minimum atomic E-state index is 0.741. The lowest BCUT2D eigenvalue weighted by molar-refractivity contribution is 1.18. The molecule has 0 saturated carbocycles. The molecule has 0 unspecified atom stereocenters. The van der Waals surface area contributed by atoms with E-state index in [1.54, 1.807) is 0 Å². The summed E-state index contributed by atoms with van der Waals surface area (Å²) in [5.41, 5.74) is 25.7. The van der Waals surface area contributed by atoms with E-state index >= 15 is 0 Å². The molecule has 0 amide bonds. The van der Waals surface area contributed by atoms with Crippen molar-refractivity contribution in [1.82, 2.24) is 27.8 Å². The van der Waals surface area contributed by atoms with Crippen LogP contribution in [-0.2, 0) is 0 Å². The summed E-state index contributed by atoms with van der Waals surface area (Å²) in [6, 6.07) is 108. The Labute approximate surface area is 530 Å². The van der Waals surface area contributed by atoms with Gasteiger partial charge in [-0.25, -0.2) is 9.97 Å². The maximum Gasteiger partial charge on any atom is 0.115 e. The average Bonchev–Trinajstić information content (AvgIpc) is 1.77. The highest BCUT2D eigenvalue weighted by Crippen LogP contribution is 2.48. The van der Waals surface area contributed by atoms with Gasteiger partial charge >= 0.3 is 0 Å². The summed E-state index contributed by atoms with van der Waals surface area (Å²) in [6.45, 7) is 4.27. The Hall–Kier alpha value is -11.8. The molecular formula is C82H56N8S. The van der Waals surface area contributed by atoms with Crippen LogP contribution < -0.4 is 9.80 Å². The lowest BCUT2D eigenvalue weighted by atomic mass is 9.93. The monoisotopic (exact) mass is 1180 g/mol. The van der Waals surface area contributed by atoms with Crippen molar-refractivity contribution in [2.75, 3.05) is 9.80 Å². The van der Waals surface area contributed by atoms with Crippen molar-refractivity contribution in [2.45, 2.75) is 13.8 Å². The molecular weight excluding hydrogens is 1130 g/mol. The maximum atomic E-state index is 5.80. The van der Waals surface area contributed by atoms with Crippen LogP contribution in [-0.4, -0.2) is 27.8 Å². The minimum absolute atomic E-state index is 0.741. The molecule has 4 aromatic heterocycles. The molecule has 0 spiro atoms. The molecule has 0 bridgehead atoms. The van der Waals surface area contributed by atoms with Gasteiger partial charge in [0.2, 0.25) is 0 Å². The molecule has 0 aliphatic heterocycles. The van der Waals surface area contributed by atoms with Gasteiger partial charge in [-0.2, -0.15) is 8.75 Å². The third-order valence-electron chi connectivity index (χ3n) is 17.7. The van der Waals surface area contributed by atoms with E-state index < -0.39 is 0 Å². The lowest BCUT2D eigenvalue weighted by Gasteiger charge is -2.26. The normalized spacial score (nSPS) is 11.6. The van der Waals surface area contributed by atoms with Gasteiger partial charge in [0.15, 0.2) is 0 Å². The van der Waals surface area contributed by atoms with Crippen molar-refractivity contribution in [1.29, 1.82) is 0 Å². The molecule has 0 aliphatic carbocycles. The molecule has 17 rings (SSSR count). The summed E-state index contributed by atoms with van der Waals surface area (Å²) in [5, 5.41) is 4.75. The third kappa shape index (κ3) is 9.20. The van der Waals surface area contributed by atoms with Crippen LogP contribution in [0.2, 0.25) is 0 Å². The van der Waals surface area contributed by atoms with Gasteiger partial charge in [-0.3, -0.25) is 0 Å². The van der Waals surface area contributed by atoms with Crippen LogP contribution in [0.25, 0.3) is 122 Å². The Morgan fingerprint density at radius 3 is 0.978 bits per heavy atom. The number of fused-ring (bicyclic) bond motifs is 8. The van der Waals surface area contributed by atoms with E-state index in [1.807, 2.05) is 12.1 Å². The zero-order valence-electron chi connectivity index (χ0n) is 49.9. The van der Waals surface area contributed by atoms with Crippen LogP contribution in [0.4, 0.5) is 34.1 Å². The lowest BCUT2D eigenvalue weighted by Crippen LogP contribution is -2.10. The Balaban J connectivity index is 0.833. The first kappa shape index (κ1) is 53.5. The van der Waals surface area contributed by atoms with Gasteiger partial charge < -0.3 is 18.9 Å². The smallest absolute Gasteiger partial charge is 0.115 e. The number of nitrogens with zero attached hydrogens (tertiary/aromatic N) is 8. The molecule has 0 radical (unpaired) electrons. The van der Waals surface area contributed by atoms with Gasteiger partial charge in [0.1, 0.15) is 22.1 Å². The number of hydrogen-bond donors (Lipinski definition) is 0. The second kappa shape index (κ2) is 22.1. The summed E-state index contributed by atoms with van der Waals surface area (Å²) in [4.78, 5) is 16.3. The number of benzene rings is 13. The number of para-hydroxylation sites is 4. The summed E-state index contributed by atoms with van der Waals surface area (Å²) in [7, 11) is 0. The van der Waals surface area contributed by atoms with Gasteiger partial charge in [-0.1, -0.05) is 193 Å². The van der Waals surface area contributed by atoms with Crippen molar-refractivity contribution >= 4 is 112 Å². The third-order valence-corrected chi connectivity index (χ3v) is 18.2. The number of rotatable bonds is 12. The summed E-state index contributed by atoms with van der Waals surface area (Å²) in [6.07, 6.45) is 0. The largest absolute Gasteiger partial charge is 0.310 e. The zero-order valence-corrected chi connectivity index (χ0v) is 50.7. The summed E-state index contributed by atoms with van der Waals surface area (Å²) < 4.78 is 15.1. The Morgan fingerprint density at radius 2 is 0.593 bits per heavy atom. The molecule has 0 saturated heterocycles. The topological polar surface area (TPSA) is 67.9 Å². The van der Waals surface area contributed by atoms with E-state index in [0.29, 0.717) is 0 Å². The first-order valence-electron chi connectivity index (χ1n) is 30.7. The molecule has 17 aromatic rings. The van der Waals surface area contributed by atoms with Crippen LogP contribution in [0.3, 0.4) is 0 Å². The molecule has 0 N–H and O–H groups in total. The van der Waals surface area contributed by atoms with Gasteiger partial charge in [-0.05, 0) is 146 Å². The molecule has 91 heavy (non-hydrogen) atoms. The van der Waals surface area contributed by atoms with Crippen molar-refractivity contribution in [3.8, 4) is 56.1 Å². The van der Waals surface area contributed by atoms with Gasteiger partial charge in [0, 0.05) is 89.3 Å². The fraction of sp³-hybridized carbons (Fsp3) is 0.0244. The predicted molar refractivity (Wildman–Crippen MR) is 380 cm³/mol. The van der Waals surface area contributed by atoms with Crippen LogP contribution in [0.15, 0.2) is 303 Å². The van der Waals surface area contributed by atoms with E-state index in [9.17, 15) is 0 Å². The predicted octanol–water partition coefficient (Wildman–Crippen LogP) is 22.1. The Kier molecular flexibility index (Phi) is 13.0. The molecule has 13 aromatic carbocycles. The quantitative estimate of drug-likeness (QED) is 0.121.